The van der Waals surface area contributed by atoms with E-state index >= 15 is 0 Å². The maximum Gasteiger partial charge on any atom is 0.532 e. The van der Waals surface area contributed by atoms with Crippen LogP contribution in [-0.4, -0.2) is 19.2 Å². The standard InChI is InChI=1S/C9H19O5P/c1-4-7-12-15(11,13-8-5-2)14-9(10)6-3/h4-8H2,1-3H3. The Bertz CT molecular complexity index is 217. The molecule has 90 valence electrons. The molecule has 0 spiro atoms. The summed E-state index contributed by atoms with van der Waals surface area (Å²) in [6.07, 6.45) is 1.52. The fourth-order valence-electron chi connectivity index (χ4n) is 0.685. The summed E-state index contributed by atoms with van der Waals surface area (Å²) in [7, 11) is -3.67. The van der Waals surface area contributed by atoms with Crippen molar-refractivity contribution >= 4 is 13.8 Å². The van der Waals surface area contributed by atoms with E-state index in [0.29, 0.717) is 12.8 Å². The van der Waals surface area contributed by atoms with Crippen molar-refractivity contribution in [1.82, 2.24) is 0 Å². The fourth-order valence-corrected chi connectivity index (χ4v) is 2.06. The van der Waals surface area contributed by atoms with Crippen molar-refractivity contribution in [2.45, 2.75) is 40.0 Å². The molecule has 0 bridgehead atoms. The van der Waals surface area contributed by atoms with Gasteiger partial charge in [0.25, 0.3) is 0 Å². The fraction of sp³-hybridized carbons (Fsp3) is 0.889. The van der Waals surface area contributed by atoms with Crippen LogP contribution >= 0.6 is 7.82 Å². The van der Waals surface area contributed by atoms with Crippen LogP contribution < -0.4 is 0 Å². The number of phosphoric ester groups is 1. The van der Waals surface area contributed by atoms with E-state index in [4.69, 9.17) is 9.05 Å². The first-order chi connectivity index (χ1) is 7.08. The van der Waals surface area contributed by atoms with Crippen molar-refractivity contribution < 1.29 is 22.9 Å². The number of phosphoric acid groups is 1. The molecule has 0 aromatic heterocycles. The van der Waals surface area contributed by atoms with E-state index in [0.717, 1.165) is 0 Å². The molecule has 0 radical (unpaired) electrons. The molecule has 0 aliphatic rings. The number of rotatable bonds is 8. The second-order valence-corrected chi connectivity index (χ2v) is 4.52. The maximum atomic E-state index is 11.8. The molecule has 0 aliphatic carbocycles. The van der Waals surface area contributed by atoms with Gasteiger partial charge in [0.15, 0.2) is 0 Å². The molecule has 0 saturated heterocycles. The van der Waals surface area contributed by atoms with Crippen LogP contribution in [0.2, 0.25) is 0 Å². The lowest BCUT2D eigenvalue weighted by Gasteiger charge is -2.16. The molecule has 15 heavy (non-hydrogen) atoms. The molecule has 5 nitrogen and oxygen atoms in total. The predicted octanol–water partition coefficient (Wildman–Crippen LogP) is 2.90. The van der Waals surface area contributed by atoms with Gasteiger partial charge in [0, 0.05) is 6.42 Å². The minimum Gasteiger partial charge on any atom is -0.370 e. The summed E-state index contributed by atoms with van der Waals surface area (Å²) in [6, 6.07) is 0. The normalized spacial score (nSPS) is 11.4. The minimum absolute atomic E-state index is 0.148. The molecule has 0 aromatic rings. The van der Waals surface area contributed by atoms with E-state index in [1.807, 2.05) is 13.8 Å². The predicted molar refractivity (Wildman–Crippen MR) is 56.5 cm³/mol. The molecule has 0 saturated carbocycles. The SMILES string of the molecule is CCCOP(=O)(OCCC)OC(=O)CC. The largest absolute Gasteiger partial charge is 0.532 e. The summed E-state index contributed by atoms with van der Waals surface area (Å²) in [4.78, 5) is 11.0. The van der Waals surface area contributed by atoms with Gasteiger partial charge in [-0.15, -0.1) is 0 Å². The van der Waals surface area contributed by atoms with Crippen LogP contribution in [0, 0.1) is 0 Å². The van der Waals surface area contributed by atoms with E-state index in [9.17, 15) is 9.36 Å². The molecule has 0 rings (SSSR count). The third kappa shape index (κ3) is 6.66. The summed E-state index contributed by atoms with van der Waals surface area (Å²) >= 11 is 0. The zero-order valence-corrected chi connectivity index (χ0v) is 10.4. The number of hydrogen-bond acceptors (Lipinski definition) is 5. The van der Waals surface area contributed by atoms with Gasteiger partial charge in [-0.05, 0) is 12.8 Å². The molecule has 0 atom stereocenters. The monoisotopic (exact) mass is 238 g/mol. The summed E-state index contributed by atoms with van der Waals surface area (Å²) in [5.41, 5.74) is 0. The third-order valence-electron chi connectivity index (χ3n) is 1.41. The Morgan fingerprint density at radius 1 is 1.07 bits per heavy atom. The van der Waals surface area contributed by atoms with E-state index in [-0.39, 0.29) is 19.6 Å². The second-order valence-electron chi connectivity index (χ2n) is 2.93. The van der Waals surface area contributed by atoms with Gasteiger partial charge in [0.2, 0.25) is 0 Å². The molecule has 0 heterocycles. The number of carbonyl (C=O) groups excluding carboxylic acids is 1. The van der Waals surface area contributed by atoms with Crippen molar-refractivity contribution in [2.24, 2.45) is 0 Å². The molecular weight excluding hydrogens is 219 g/mol. The van der Waals surface area contributed by atoms with Gasteiger partial charge in [0.05, 0.1) is 13.2 Å². The van der Waals surface area contributed by atoms with Crippen LogP contribution in [0.3, 0.4) is 0 Å². The van der Waals surface area contributed by atoms with Crippen LogP contribution in [0.5, 0.6) is 0 Å². The molecule has 0 aromatic carbocycles. The third-order valence-corrected chi connectivity index (χ3v) is 2.83. The van der Waals surface area contributed by atoms with Crippen molar-refractivity contribution in [1.29, 1.82) is 0 Å². The van der Waals surface area contributed by atoms with Gasteiger partial charge in [-0.25, -0.2) is 4.57 Å². The lowest BCUT2D eigenvalue weighted by molar-refractivity contribution is -0.136. The highest BCUT2D eigenvalue weighted by atomic mass is 31.2. The second kappa shape index (κ2) is 7.85. The lowest BCUT2D eigenvalue weighted by atomic mass is 10.5. The topological polar surface area (TPSA) is 61.8 Å². The van der Waals surface area contributed by atoms with Crippen molar-refractivity contribution in [3.63, 3.8) is 0 Å². The molecule has 0 fully saturated rings. The van der Waals surface area contributed by atoms with E-state index in [1.54, 1.807) is 6.92 Å². The lowest BCUT2D eigenvalue weighted by Crippen LogP contribution is -2.07. The summed E-state index contributed by atoms with van der Waals surface area (Å²) in [6.45, 7) is 5.85. The van der Waals surface area contributed by atoms with E-state index in [2.05, 4.69) is 4.52 Å². The maximum absolute atomic E-state index is 11.8. The van der Waals surface area contributed by atoms with Gasteiger partial charge in [-0.1, -0.05) is 20.8 Å². The zero-order valence-electron chi connectivity index (χ0n) is 9.52. The van der Waals surface area contributed by atoms with Gasteiger partial charge in [0.1, 0.15) is 0 Å². The Kier molecular flexibility index (Phi) is 7.65. The van der Waals surface area contributed by atoms with Gasteiger partial charge in [-0.3, -0.25) is 13.8 Å². The van der Waals surface area contributed by atoms with Gasteiger partial charge < -0.3 is 4.52 Å². The van der Waals surface area contributed by atoms with Crippen molar-refractivity contribution in [3.05, 3.63) is 0 Å². The number of carbonyl (C=O) groups is 1. The number of hydrogen-bond donors (Lipinski definition) is 0. The average molecular weight is 238 g/mol. The zero-order chi connectivity index (χ0) is 11.7. The van der Waals surface area contributed by atoms with Crippen LogP contribution in [0.25, 0.3) is 0 Å². The molecule has 0 unspecified atom stereocenters. The smallest absolute Gasteiger partial charge is 0.370 e. The van der Waals surface area contributed by atoms with Crippen LogP contribution in [0.15, 0.2) is 0 Å². The Morgan fingerprint density at radius 2 is 1.53 bits per heavy atom. The Balaban J connectivity index is 4.26. The molecule has 0 amide bonds. The van der Waals surface area contributed by atoms with Gasteiger partial charge >= 0.3 is 13.8 Å². The minimum atomic E-state index is -3.67. The summed E-state index contributed by atoms with van der Waals surface area (Å²) in [5.74, 6) is -0.578. The summed E-state index contributed by atoms with van der Waals surface area (Å²) in [5, 5.41) is 0. The highest BCUT2D eigenvalue weighted by Crippen LogP contribution is 2.49. The van der Waals surface area contributed by atoms with Crippen LogP contribution in [0.1, 0.15) is 40.0 Å². The van der Waals surface area contributed by atoms with Crippen molar-refractivity contribution in [2.75, 3.05) is 13.2 Å². The quantitative estimate of drug-likeness (QED) is 0.608. The molecule has 0 N–H and O–H groups in total. The average Bonchev–Trinajstić information content (AvgIpc) is 2.23. The van der Waals surface area contributed by atoms with E-state index < -0.39 is 13.8 Å². The first kappa shape index (κ1) is 14.6. The summed E-state index contributed by atoms with van der Waals surface area (Å²) < 4.78 is 26.4. The highest BCUT2D eigenvalue weighted by molar-refractivity contribution is 7.49. The van der Waals surface area contributed by atoms with Gasteiger partial charge in [-0.2, -0.15) is 0 Å². The highest BCUT2D eigenvalue weighted by Gasteiger charge is 2.29. The molecule has 0 aliphatic heterocycles. The van der Waals surface area contributed by atoms with Crippen LogP contribution in [-0.2, 0) is 22.9 Å². The Hall–Kier alpha value is -0.380. The molecule has 6 heteroatoms. The molecular formula is C9H19O5P. The Morgan fingerprint density at radius 3 is 1.87 bits per heavy atom. The Labute approximate surface area is 90.7 Å². The first-order valence-electron chi connectivity index (χ1n) is 5.19. The first-order valence-corrected chi connectivity index (χ1v) is 6.65. The van der Waals surface area contributed by atoms with Crippen LogP contribution in [0.4, 0.5) is 0 Å². The van der Waals surface area contributed by atoms with Crippen molar-refractivity contribution in [3.8, 4) is 0 Å². The van der Waals surface area contributed by atoms with E-state index in [1.165, 1.54) is 0 Å².